The van der Waals surface area contributed by atoms with Gasteiger partial charge in [0.2, 0.25) is 0 Å². The Morgan fingerprint density at radius 2 is 1.70 bits per heavy atom. The van der Waals surface area contributed by atoms with Crippen LogP contribution < -0.4 is 0 Å². The molecule has 0 unspecified atom stereocenters. The van der Waals surface area contributed by atoms with Crippen molar-refractivity contribution in [1.29, 1.82) is 0 Å². The topological polar surface area (TPSA) is 57.5 Å². The molecule has 0 aliphatic heterocycles. The normalized spacial score (nSPS) is 10.1. The molecule has 0 aromatic heterocycles. The molecular formula is C16H24O3Zn. The van der Waals surface area contributed by atoms with Gasteiger partial charge in [-0.15, -0.1) is 0 Å². The first-order valence-electron chi connectivity index (χ1n) is 7.12. The largest absolute Gasteiger partial charge is 0.507 e. The van der Waals surface area contributed by atoms with E-state index in [-0.39, 0.29) is 30.8 Å². The molecule has 0 fully saturated rings. The van der Waals surface area contributed by atoms with Gasteiger partial charge in [0, 0.05) is 19.5 Å². The quantitative estimate of drug-likeness (QED) is 0.552. The van der Waals surface area contributed by atoms with Crippen molar-refractivity contribution in [3.8, 4) is 5.75 Å². The zero-order valence-electron chi connectivity index (χ0n) is 12.6. The number of hydrogen-bond donors (Lipinski definition) is 2. The van der Waals surface area contributed by atoms with Crippen LogP contribution in [-0.2, 0) is 25.9 Å². The Morgan fingerprint density at radius 3 is 2.30 bits per heavy atom. The summed E-state index contributed by atoms with van der Waals surface area (Å²) < 4.78 is 0. The predicted octanol–water partition coefficient (Wildman–Crippen LogP) is 4.30. The zero-order valence-corrected chi connectivity index (χ0v) is 15.6. The molecule has 0 bridgehead atoms. The maximum absolute atomic E-state index is 11.0. The van der Waals surface area contributed by atoms with E-state index in [1.54, 1.807) is 0 Å². The molecule has 0 spiro atoms. The van der Waals surface area contributed by atoms with E-state index >= 15 is 0 Å². The fourth-order valence-corrected chi connectivity index (χ4v) is 2.30. The molecule has 1 aromatic carbocycles. The van der Waals surface area contributed by atoms with Crippen LogP contribution in [0.4, 0.5) is 0 Å². The van der Waals surface area contributed by atoms with E-state index in [0.717, 1.165) is 30.4 Å². The zero-order chi connectivity index (χ0) is 14.3. The molecule has 4 heteroatoms. The van der Waals surface area contributed by atoms with Gasteiger partial charge < -0.3 is 10.2 Å². The summed E-state index contributed by atoms with van der Waals surface area (Å²) in [5.41, 5.74) is 1.66. The van der Waals surface area contributed by atoms with Gasteiger partial charge in [-0.25, -0.2) is 4.79 Å². The Labute approximate surface area is 134 Å². The summed E-state index contributed by atoms with van der Waals surface area (Å²) in [7, 11) is 0. The molecule has 108 valence electrons. The molecule has 20 heavy (non-hydrogen) atoms. The van der Waals surface area contributed by atoms with Gasteiger partial charge in [0.25, 0.3) is 0 Å². The summed E-state index contributed by atoms with van der Waals surface area (Å²) in [6.07, 6.45) is 7.87. The number of aryl methyl sites for hydroxylation is 2. The fourth-order valence-electron chi connectivity index (χ4n) is 2.30. The maximum Gasteiger partial charge on any atom is 0.339 e. The SMILES string of the molecule is CCCCCCCCc1cc(C)cc(C(=O)O)c1O.[Zn]. The number of aromatic carboxylic acids is 1. The van der Waals surface area contributed by atoms with Crippen LogP contribution in [0.15, 0.2) is 12.1 Å². The van der Waals surface area contributed by atoms with Crippen LogP contribution in [0.25, 0.3) is 0 Å². The third-order valence-corrected chi connectivity index (χ3v) is 3.36. The van der Waals surface area contributed by atoms with Gasteiger partial charge in [-0.1, -0.05) is 45.1 Å². The Morgan fingerprint density at radius 1 is 1.10 bits per heavy atom. The third-order valence-electron chi connectivity index (χ3n) is 3.36. The van der Waals surface area contributed by atoms with Crippen molar-refractivity contribution in [3.63, 3.8) is 0 Å². The number of carboxylic acid groups (broad SMARTS) is 1. The van der Waals surface area contributed by atoms with E-state index < -0.39 is 5.97 Å². The number of unbranched alkanes of at least 4 members (excludes halogenated alkanes) is 5. The minimum absolute atomic E-state index is 0. The van der Waals surface area contributed by atoms with Gasteiger partial charge in [-0.05, 0) is 37.0 Å². The number of phenols is 1. The molecule has 1 rings (SSSR count). The van der Waals surface area contributed by atoms with E-state index in [9.17, 15) is 9.90 Å². The molecule has 3 nitrogen and oxygen atoms in total. The van der Waals surface area contributed by atoms with Gasteiger partial charge in [-0.3, -0.25) is 0 Å². The van der Waals surface area contributed by atoms with Gasteiger partial charge in [0.05, 0.1) is 0 Å². The fraction of sp³-hybridized carbons (Fsp3) is 0.562. The number of rotatable bonds is 8. The Hall–Kier alpha value is -0.887. The minimum Gasteiger partial charge on any atom is -0.507 e. The van der Waals surface area contributed by atoms with Crippen LogP contribution in [0.5, 0.6) is 5.75 Å². The minimum atomic E-state index is -1.06. The Kier molecular flexibility index (Phi) is 9.49. The van der Waals surface area contributed by atoms with E-state index in [4.69, 9.17) is 5.11 Å². The van der Waals surface area contributed by atoms with E-state index in [2.05, 4.69) is 6.92 Å². The summed E-state index contributed by atoms with van der Waals surface area (Å²) in [6.45, 7) is 4.05. The smallest absolute Gasteiger partial charge is 0.339 e. The number of benzene rings is 1. The third kappa shape index (κ3) is 6.04. The first kappa shape index (κ1) is 19.1. The van der Waals surface area contributed by atoms with Crippen molar-refractivity contribution in [1.82, 2.24) is 0 Å². The second-order valence-electron chi connectivity index (χ2n) is 5.14. The first-order valence-corrected chi connectivity index (χ1v) is 7.12. The van der Waals surface area contributed by atoms with Gasteiger partial charge in [0.15, 0.2) is 0 Å². The van der Waals surface area contributed by atoms with Crippen LogP contribution >= 0.6 is 0 Å². The standard InChI is InChI=1S/C16H24O3.Zn/c1-3-4-5-6-7-8-9-13-10-12(2)11-14(15(13)17)16(18)19;/h10-11,17H,3-9H2,1-2H3,(H,18,19);. The van der Waals surface area contributed by atoms with E-state index in [1.807, 2.05) is 13.0 Å². The van der Waals surface area contributed by atoms with Crippen LogP contribution in [0.1, 0.15) is 66.9 Å². The van der Waals surface area contributed by atoms with Crippen molar-refractivity contribution >= 4 is 5.97 Å². The Bertz CT molecular complexity index is 430. The molecule has 2 N–H and O–H groups in total. The van der Waals surface area contributed by atoms with Gasteiger partial charge in [0.1, 0.15) is 11.3 Å². The molecule has 0 atom stereocenters. The number of aromatic hydroxyl groups is 1. The molecule has 0 aliphatic rings. The molecule has 0 amide bonds. The average molecular weight is 330 g/mol. The van der Waals surface area contributed by atoms with Gasteiger partial charge >= 0.3 is 5.97 Å². The van der Waals surface area contributed by atoms with Crippen LogP contribution in [0, 0.1) is 6.92 Å². The molecule has 0 saturated heterocycles. The number of carboxylic acids is 1. The monoisotopic (exact) mass is 328 g/mol. The summed E-state index contributed by atoms with van der Waals surface area (Å²) >= 11 is 0. The van der Waals surface area contributed by atoms with Crippen LogP contribution in [-0.4, -0.2) is 16.2 Å². The molecule has 0 aliphatic carbocycles. The summed E-state index contributed by atoms with van der Waals surface area (Å²) in [5.74, 6) is -1.13. The number of carbonyl (C=O) groups is 1. The molecule has 0 saturated carbocycles. The molecular weight excluding hydrogens is 306 g/mol. The van der Waals surface area contributed by atoms with Crippen molar-refractivity contribution in [2.24, 2.45) is 0 Å². The van der Waals surface area contributed by atoms with Gasteiger partial charge in [-0.2, -0.15) is 0 Å². The molecule has 0 radical (unpaired) electrons. The van der Waals surface area contributed by atoms with Crippen LogP contribution in [0.3, 0.4) is 0 Å². The summed E-state index contributed by atoms with van der Waals surface area (Å²) in [4.78, 5) is 11.0. The average Bonchev–Trinajstić information content (AvgIpc) is 2.36. The second-order valence-corrected chi connectivity index (χ2v) is 5.14. The van der Waals surface area contributed by atoms with E-state index in [1.165, 1.54) is 31.7 Å². The van der Waals surface area contributed by atoms with Crippen molar-refractivity contribution in [2.45, 2.75) is 58.8 Å². The van der Waals surface area contributed by atoms with E-state index in [0.29, 0.717) is 0 Å². The summed E-state index contributed by atoms with van der Waals surface area (Å²) in [6, 6.07) is 3.40. The van der Waals surface area contributed by atoms with Crippen molar-refractivity contribution in [2.75, 3.05) is 0 Å². The first-order chi connectivity index (χ1) is 9.06. The molecule has 0 heterocycles. The molecule has 1 aromatic rings. The number of hydrogen-bond acceptors (Lipinski definition) is 2. The summed E-state index contributed by atoms with van der Waals surface area (Å²) in [5, 5.41) is 19.0. The van der Waals surface area contributed by atoms with Crippen molar-refractivity contribution < 1.29 is 34.5 Å². The van der Waals surface area contributed by atoms with Crippen LogP contribution in [0.2, 0.25) is 0 Å². The Balaban J connectivity index is 0.00000361. The predicted molar refractivity (Wildman–Crippen MR) is 76.9 cm³/mol. The second kappa shape index (κ2) is 9.93. The maximum atomic E-state index is 11.0. The van der Waals surface area contributed by atoms with Crippen molar-refractivity contribution in [3.05, 3.63) is 28.8 Å².